The number of nitrogens with two attached hydrogens (primary N) is 1. The van der Waals surface area contributed by atoms with E-state index >= 15 is 0 Å². The van der Waals surface area contributed by atoms with Gasteiger partial charge >= 0.3 is 5.97 Å². The molecule has 3 N–H and O–H groups in total. The second-order valence-corrected chi connectivity index (χ2v) is 8.12. The molecule has 0 aliphatic rings. The summed E-state index contributed by atoms with van der Waals surface area (Å²) in [5, 5.41) is 3.96. The van der Waals surface area contributed by atoms with Gasteiger partial charge in [-0.2, -0.15) is 11.8 Å². The molecule has 0 spiro atoms. The van der Waals surface area contributed by atoms with Crippen LogP contribution >= 0.6 is 34.7 Å². The molecule has 0 saturated heterocycles. The average molecular weight is 413 g/mol. The molecule has 1 heterocycles. The molecule has 0 saturated carbocycles. The van der Waals surface area contributed by atoms with Crippen LogP contribution in [0.2, 0.25) is 5.02 Å². The molecule has 1 aromatic carbocycles. The number of rotatable bonds is 8. The lowest BCUT2D eigenvalue weighted by atomic mass is 10.0. The Labute approximate surface area is 166 Å². The number of thiophene rings is 1. The number of ether oxygens (including phenoxy) is 1. The predicted molar refractivity (Wildman–Crippen MR) is 110 cm³/mol. The highest BCUT2D eigenvalue weighted by Gasteiger charge is 2.25. The maximum atomic E-state index is 12.6. The molecule has 26 heavy (non-hydrogen) atoms. The summed E-state index contributed by atoms with van der Waals surface area (Å²) in [5.41, 5.74) is 7.44. The van der Waals surface area contributed by atoms with E-state index in [1.807, 2.05) is 19.1 Å². The Balaban J connectivity index is 2.39. The lowest BCUT2D eigenvalue weighted by Gasteiger charge is -2.09. The zero-order valence-electron chi connectivity index (χ0n) is 14.6. The highest BCUT2D eigenvalue weighted by atomic mass is 35.5. The molecule has 5 nitrogen and oxygen atoms in total. The molecular formula is C18H21ClN2O3S2. The van der Waals surface area contributed by atoms with E-state index in [1.165, 1.54) is 23.1 Å². The molecule has 0 aliphatic carbocycles. The normalized spacial score (nSPS) is 10.6. The van der Waals surface area contributed by atoms with Crippen LogP contribution in [0.1, 0.15) is 22.2 Å². The molecule has 0 aliphatic heterocycles. The summed E-state index contributed by atoms with van der Waals surface area (Å²) >= 11 is 8.78. The minimum Gasteiger partial charge on any atom is -0.462 e. The summed E-state index contributed by atoms with van der Waals surface area (Å²) in [7, 11) is 0. The molecule has 2 rings (SSSR count). The second-order valence-electron chi connectivity index (χ2n) is 5.35. The maximum Gasteiger partial charge on any atom is 0.341 e. The summed E-state index contributed by atoms with van der Waals surface area (Å²) in [5.74, 6) is 0.370. The first kappa shape index (κ1) is 20.8. The van der Waals surface area contributed by atoms with E-state index in [4.69, 9.17) is 22.1 Å². The summed E-state index contributed by atoms with van der Waals surface area (Å²) in [4.78, 5) is 25.7. The van der Waals surface area contributed by atoms with Gasteiger partial charge in [0.15, 0.2) is 0 Å². The van der Waals surface area contributed by atoms with E-state index in [0.717, 1.165) is 16.0 Å². The molecule has 2 aromatic rings. The standard InChI is InChI=1S/C18H21ClN2O3S2/c1-3-24-18(23)16-15(12-4-6-13(19)7-5-12)11(2)26-17(16)21-14(22)10-25-9-8-20/h4-7H,3,8-10,20H2,1-2H3,(H,21,22). The zero-order valence-corrected chi connectivity index (χ0v) is 17.0. The number of nitrogens with one attached hydrogen (secondary N) is 1. The number of esters is 1. The van der Waals surface area contributed by atoms with Crippen molar-refractivity contribution in [2.24, 2.45) is 5.73 Å². The molecule has 0 unspecified atom stereocenters. The fraction of sp³-hybridized carbons (Fsp3) is 0.333. The van der Waals surface area contributed by atoms with Crippen LogP contribution in [-0.4, -0.2) is 36.5 Å². The number of hydrogen-bond donors (Lipinski definition) is 2. The van der Waals surface area contributed by atoms with Crippen LogP contribution in [0.15, 0.2) is 24.3 Å². The number of anilines is 1. The van der Waals surface area contributed by atoms with Crippen molar-refractivity contribution in [3.63, 3.8) is 0 Å². The van der Waals surface area contributed by atoms with Gasteiger partial charge in [0.05, 0.1) is 12.4 Å². The first-order valence-electron chi connectivity index (χ1n) is 8.12. The SMILES string of the molecule is CCOC(=O)c1c(NC(=O)CSCCN)sc(C)c1-c1ccc(Cl)cc1. The maximum absolute atomic E-state index is 12.6. The van der Waals surface area contributed by atoms with Gasteiger partial charge in [-0.3, -0.25) is 4.79 Å². The third-order valence-electron chi connectivity index (χ3n) is 3.45. The van der Waals surface area contributed by atoms with Gasteiger partial charge in [0.25, 0.3) is 0 Å². The van der Waals surface area contributed by atoms with Gasteiger partial charge < -0.3 is 15.8 Å². The Hall–Kier alpha value is -1.54. The van der Waals surface area contributed by atoms with Crippen LogP contribution < -0.4 is 11.1 Å². The molecule has 0 radical (unpaired) electrons. The molecular weight excluding hydrogens is 392 g/mol. The predicted octanol–water partition coefficient (Wildman–Crippen LogP) is 4.18. The summed E-state index contributed by atoms with van der Waals surface area (Å²) < 4.78 is 5.22. The summed E-state index contributed by atoms with van der Waals surface area (Å²) in [6, 6.07) is 7.24. The minimum atomic E-state index is -0.452. The summed E-state index contributed by atoms with van der Waals surface area (Å²) in [6.07, 6.45) is 0. The number of thioether (sulfide) groups is 1. The third-order valence-corrected chi connectivity index (χ3v) is 5.71. The Morgan fingerprint density at radius 3 is 2.62 bits per heavy atom. The van der Waals surface area contributed by atoms with Crippen molar-refractivity contribution >= 4 is 51.6 Å². The Morgan fingerprint density at radius 1 is 1.31 bits per heavy atom. The van der Waals surface area contributed by atoms with Crippen LogP contribution in [0.25, 0.3) is 11.1 Å². The minimum absolute atomic E-state index is 0.169. The molecule has 0 fully saturated rings. The Bertz CT molecular complexity index is 775. The molecule has 0 atom stereocenters. The van der Waals surface area contributed by atoms with Crippen molar-refractivity contribution in [3.8, 4) is 11.1 Å². The molecule has 0 bridgehead atoms. The average Bonchev–Trinajstić information content (AvgIpc) is 2.92. The highest BCUT2D eigenvalue weighted by molar-refractivity contribution is 7.99. The van der Waals surface area contributed by atoms with E-state index < -0.39 is 5.97 Å². The van der Waals surface area contributed by atoms with Crippen molar-refractivity contribution in [1.29, 1.82) is 0 Å². The van der Waals surface area contributed by atoms with Crippen molar-refractivity contribution in [2.45, 2.75) is 13.8 Å². The smallest absolute Gasteiger partial charge is 0.341 e. The first-order chi connectivity index (χ1) is 12.5. The van der Waals surface area contributed by atoms with Crippen molar-refractivity contribution in [1.82, 2.24) is 0 Å². The van der Waals surface area contributed by atoms with E-state index in [9.17, 15) is 9.59 Å². The fourth-order valence-electron chi connectivity index (χ4n) is 2.41. The molecule has 1 aromatic heterocycles. The van der Waals surface area contributed by atoms with Crippen molar-refractivity contribution < 1.29 is 14.3 Å². The molecule has 140 valence electrons. The van der Waals surface area contributed by atoms with Crippen LogP contribution in [0.5, 0.6) is 0 Å². The number of benzene rings is 1. The molecule has 8 heteroatoms. The third kappa shape index (κ3) is 5.23. The first-order valence-corrected chi connectivity index (χ1v) is 10.5. The topological polar surface area (TPSA) is 81.4 Å². The Kier molecular flexibility index (Phi) is 7.96. The number of halogens is 1. The fourth-order valence-corrected chi connectivity index (χ4v) is 4.18. The van der Waals surface area contributed by atoms with Crippen LogP contribution in [0, 0.1) is 6.92 Å². The van der Waals surface area contributed by atoms with Gasteiger partial charge in [0.1, 0.15) is 10.6 Å². The number of aryl methyl sites for hydroxylation is 1. The number of amides is 1. The Morgan fingerprint density at radius 2 is 2.00 bits per heavy atom. The number of carbonyl (C=O) groups is 2. The quantitative estimate of drug-likeness (QED) is 0.502. The van der Waals surface area contributed by atoms with Gasteiger partial charge in [-0.1, -0.05) is 23.7 Å². The monoisotopic (exact) mass is 412 g/mol. The van der Waals surface area contributed by atoms with Gasteiger partial charge in [0, 0.05) is 27.8 Å². The van der Waals surface area contributed by atoms with Gasteiger partial charge in [0.2, 0.25) is 5.91 Å². The van der Waals surface area contributed by atoms with Crippen molar-refractivity contribution in [2.75, 3.05) is 30.0 Å². The highest BCUT2D eigenvalue weighted by Crippen LogP contribution is 2.40. The number of hydrogen-bond acceptors (Lipinski definition) is 6. The van der Waals surface area contributed by atoms with Crippen molar-refractivity contribution in [3.05, 3.63) is 39.7 Å². The van der Waals surface area contributed by atoms with E-state index in [0.29, 0.717) is 27.9 Å². The van der Waals surface area contributed by atoms with E-state index in [1.54, 1.807) is 19.1 Å². The van der Waals surface area contributed by atoms with Crippen LogP contribution in [0.4, 0.5) is 5.00 Å². The van der Waals surface area contributed by atoms with E-state index in [-0.39, 0.29) is 18.3 Å². The second kappa shape index (κ2) is 9.97. The van der Waals surface area contributed by atoms with Gasteiger partial charge in [-0.05, 0) is 31.5 Å². The van der Waals surface area contributed by atoms with Crippen LogP contribution in [-0.2, 0) is 9.53 Å². The zero-order chi connectivity index (χ0) is 19.1. The van der Waals surface area contributed by atoms with E-state index in [2.05, 4.69) is 5.32 Å². The lowest BCUT2D eigenvalue weighted by Crippen LogP contribution is -2.17. The molecule has 1 amide bonds. The lowest BCUT2D eigenvalue weighted by molar-refractivity contribution is -0.113. The van der Waals surface area contributed by atoms with Gasteiger partial charge in [-0.15, -0.1) is 11.3 Å². The largest absolute Gasteiger partial charge is 0.462 e. The summed E-state index contributed by atoms with van der Waals surface area (Å²) in [6.45, 7) is 4.44. The van der Waals surface area contributed by atoms with Crippen LogP contribution in [0.3, 0.4) is 0 Å². The van der Waals surface area contributed by atoms with Gasteiger partial charge in [-0.25, -0.2) is 4.79 Å². The number of carbonyl (C=O) groups excluding carboxylic acids is 2.